The average molecular weight is 411 g/mol. The van der Waals surface area contributed by atoms with Crippen LogP contribution in [0.4, 0.5) is 20.2 Å². The molecule has 4 nitrogen and oxygen atoms in total. The topological polar surface area (TPSA) is 35.2 Å². The minimum atomic E-state index is -0.457. The van der Waals surface area contributed by atoms with Gasteiger partial charge in [0, 0.05) is 25.3 Å². The van der Waals surface area contributed by atoms with E-state index < -0.39 is 11.6 Å². The maximum atomic E-state index is 15.2. The summed E-state index contributed by atoms with van der Waals surface area (Å²) in [5, 5.41) is 0. The Kier molecular flexibility index (Phi) is 4.88. The number of anilines is 2. The van der Waals surface area contributed by atoms with Gasteiger partial charge in [-0.2, -0.15) is 0 Å². The van der Waals surface area contributed by atoms with Gasteiger partial charge in [-0.1, -0.05) is 19.9 Å². The second kappa shape index (κ2) is 7.56. The number of halogens is 2. The van der Waals surface area contributed by atoms with Crippen LogP contribution in [0.3, 0.4) is 0 Å². The van der Waals surface area contributed by atoms with Crippen molar-refractivity contribution in [2.24, 2.45) is 11.8 Å². The molecule has 5 rings (SSSR count). The highest BCUT2D eigenvalue weighted by atomic mass is 19.1. The van der Waals surface area contributed by atoms with Crippen molar-refractivity contribution in [3.63, 3.8) is 0 Å². The first-order chi connectivity index (χ1) is 14.5. The molecule has 2 saturated heterocycles. The van der Waals surface area contributed by atoms with E-state index in [2.05, 4.69) is 40.8 Å². The monoisotopic (exact) mass is 410 g/mol. The molecule has 3 atom stereocenters. The van der Waals surface area contributed by atoms with Crippen molar-refractivity contribution in [2.45, 2.75) is 39.2 Å². The number of imidazole rings is 1. The van der Waals surface area contributed by atoms with Gasteiger partial charge < -0.3 is 14.8 Å². The summed E-state index contributed by atoms with van der Waals surface area (Å²) in [5.74, 6) is -0.0397. The Hall–Kier alpha value is -2.63. The Morgan fingerprint density at radius 3 is 2.50 bits per heavy atom. The summed E-state index contributed by atoms with van der Waals surface area (Å²) in [7, 11) is 0. The molecule has 2 aliphatic heterocycles. The van der Waals surface area contributed by atoms with Crippen LogP contribution in [0, 0.1) is 23.5 Å². The fourth-order valence-corrected chi connectivity index (χ4v) is 5.45. The van der Waals surface area contributed by atoms with Crippen molar-refractivity contribution in [1.82, 2.24) is 9.97 Å². The van der Waals surface area contributed by atoms with E-state index in [4.69, 9.17) is 0 Å². The molecule has 0 saturated carbocycles. The van der Waals surface area contributed by atoms with E-state index in [9.17, 15) is 0 Å². The standard InChI is InChI=1S/C24H28F2N4/c1-15-8-16(2)13-29(12-15)24-19(25)10-18(11-20(24)26)30-7-3-4-23(30)17-5-6-21-22(9-17)28-14-27-21/h5-6,9-11,14-16,23H,3-4,7-8,12-13H2,1-2H3,(H,27,28)/t15?,16?,23-/m1/s1. The largest absolute Gasteiger partial charge is 0.366 e. The van der Waals surface area contributed by atoms with Gasteiger partial charge in [0.1, 0.15) is 5.69 Å². The molecule has 158 valence electrons. The lowest BCUT2D eigenvalue weighted by Crippen LogP contribution is -2.39. The quantitative estimate of drug-likeness (QED) is 0.605. The lowest BCUT2D eigenvalue weighted by molar-refractivity contribution is 0.352. The lowest BCUT2D eigenvalue weighted by Gasteiger charge is -2.37. The SMILES string of the molecule is CC1CC(C)CN(c2c(F)cc(N3CCC[C@@H]3c3ccc4nc[nH]c4c3)cc2F)C1. The van der Waals surface area contributed by atoms with E-state index in [1.165, 1.54) is 12.1 Å². The first kappa shape index (κ1) is 19.3. The second-order valence-corrected chi connectivity index (χ2v) is 9.14. The smallest absolute Gasteiger partial charge is 0.151 e. The highest BCUT2D eigenvalue weighted by Gasteiger charge is 2.30. The lowest BCUT2D eigenvalue weighted by atomic mass is 9.91. The predicted molar refractivity (Wildman–Crippen MR) is 117 cm³/mol. The van der Waals surface area contributed by atoms with Crippen LogP contribution in [0.5, 0.6) is 0 Å². The summed E-state index contributed by atoms with van der Waals surface area (Å²) in [5.41, 5.74) is 3.81. The van der Waals surface area contributed by atoms with Gasteiger partial charge in [0.2, 0.25) is 0 Å². The maximum Gasteiger partial charge on any atom is 0.151 e. The zero-order chi connectivity index (χ0) is 20.8. The van der Waals surface area contributed by atoms with Crippen LogP contribution in [0.2, 0.25) is 0 Å². The fraction of sp³-hybridized carbons (Fsp3) is 0.458. The first-order valence-electron chi connectivity index (χ1n) is 10.9. The zero-order valence-electron chi connectivity index (χ0n) is 17.5. The zero-order valence-corrected chi connectivity index (χ0v) is 17.5. The normalized spacial score (nSPS) is 24.7. The Labute approximate surface area is 175 Å². The van der Waals surface area contributed by atoms with Gasteiger partial charge in [0.15, 0.2) is 11.6 Å². The number of fused-ring (bicyclic) bond motifs is 1. The third-order valence-electron chi connectivity index (χ3n) is 6.60. The summed E-state index contributed by atoms with van der Waals surface area (Å²) < 4.78 is 30.4. The Morgan fingerprint density at radius 2 is 1.77 bits per heavy atom. The molecule has 30 heavy (non-hydrogen) atoms. The third kappa shape index (κ3) is 3.42. The van der Waals surface area contributed by atoms with Gasteiger partial charge in [-0.25, -0.2) is 13.8 Å². The molecule has 0 spiro atoms. The van der Waals surface area contributed by atoms with Crippen LogP contribution in [0.1, 0.15) is 44.7 Å². The molecule has 3 heterocycles. The van der Waals surface area contributed by atoms with Gasteiger partial charge in [-0.05, 0) is 60.9 Å². The molecule has 2 fully saturated rings. The Bertz CT molecular complexity index is 1030. The van der Waals surface area contributed by atoms with Crippen molar-refractivity contribution in [2.75, 3.05) is 29.4 Å². The van der Waals surface area contributed by atoms with Gasteiger partial charge in [0.25, 0.3) is 0 Å². The maximum absolute atomic E-state index is 15.2. The summed E-state index contributed by atoms with van der Waals surface area (Å²) in [6.45, 7) is 6.50. The fourth-order valence-electron chi connectivity index (χ4n) is 5.45. The molecule has 0 aliphatic carbocycles. The van der Waals surface area contributed by atoms with Crippen molar-refractivity contribution in [3.8, 4) is 0 Å². The number of rotatable bonds is 3. The van der Waals surface area contributed by atoms with Gasteiger partial charge in [0.05, 0.1) is 23.4 Å². The predicted octanol–water partition coefficient (Wildman–Crippen LogP) is 5.66. The van der Waals surface area contributed by atoms with E-state index >= 15 is 8.78 Å². The molecule has 2 aromatic carbocycles. The number of aromatic amines is 1. The van der Waals surface area contributed by atoms with E-state index in [-0.39, 0.29) is 11.7 Å². The Morgan fingerprint density at radius 1 is 1.03 bits per heavy atom. The van der Waals surface area contributed by atoms with Crippen molar-refractivity contribution < 1.29 is 8.78 Å². The van der Waals surface area contributed by atoms with Crippen LogP contribution in [0.15, 0.2) is 36.7 Å². The minimum Gasteiger partial charge on any atom is -0.366 e. The van der Waals surface area contributed by atoms with Crippen molar-refractivity contribution in [1.29, 1.82) is 0 Å². The minimum absolute atomic E-state index is 0.109. The third-order valence-corrected chi connectivity index (χ3v) is 6.60. The summed E-state index contributed by atoms with van der Waals surface area (Å²) in [4.78, 5) is 11.5. The van der Waals surface area contributed by atoms with E-state index in [0.717, 1.165) is 42.4 Å². The van der Waals surface area contributed by atoms with Gasteiger partial charge >= 0.3 is 0 Å². The molecular formula is C24H28F2N4. The van der Waals surface area contributed by atoms with Crippen molar-refractivity contribution in [3.05, 3.63) is 53.9 Å². The van der Waals surface area contributed by atoms with Crippen LogP contribution < -0.4 is 9.80 Å². The van der Waals surface area contributed by atoms with E-state index in [1.54, 1.807) is 6.33 Å². The number of hydrogen-bond donors (Lipinski definition) is 1. The first-order valence-corrected chi connectivity index (χ1v) is 10.9. The molecule has 0 amide bonds. The number of aromatic nitrogens is 2. The summed E-state index contributed by atoms with van der Waals surface area (Å²) in [6, 6.07) is 9.33. The summed E-state index contributed by atoms with van der Waals surface area (Å²) >= 11 is 0. The molecule has 0 radical (unpaired) electrons. The molecule has 0 bridgehead atoms. The highest BCUT2D eigenvalue weighted by Crippen LogP contribution is 2.40. The van der Waals surface area contributed by atoms with Crippen LogP contribution >= 0.6 is 0 Å². The van der Waals surface area contributed by atoms with Gasteiger partial charge in [-0.15, -0.1) is 0 Å². The molecule has 1 N–H and O–H groups in total. The number of H-pyrrole nitrogens is 1. The number of nitrogens with one attached hydrogen (secondary N) is 1. The van der Waals surface area contributed by atoms with Crippen molar-refractivity contribution >= 4 is 22.4 Å². The molecule has 2 aliphatic rings. The van der Waals surface area contributed by atoms with E-state index in [1.807, 2.05) is 11.0 Å². The average Bonchev–Trinajstić information content (AvgIpc) is 3.35. The molecule has 3 aromatic rings. The molecule has 2 unspecified atom stereocenters. The molecular weight excluding hydrogens is 382 g/mol. The Balaban J connectivity index is 1.46. The van der Waals surface area contributed by atoms with Crippen LogP contribution in [-0.4, -0.2) is 29.6 Å². The number of piperidine rings is 1. The molecule has 6 heteroatoms. The highest BCUT2D eigenvalue weighted by molar-refractivity contribution is 5.75. The van der Waals surface area contributed by atoms with Crippen LogP contribution in [-0.2, 0) is 0 Å². The number of nitrogens with zero attached hydrogens (tertiary/aromatic N) is 3. The second-order valence-electron chi connectivity index (χ2n) is 9.14. The summed E-state index contributed by atoms with van der Waals surface area (Å²) in [6.07, 6.45) is 4.75. The number of benzene rings is 2. The van der Waals surface area contributed by atoms with Gasteiger partial charge in [-0.3, -0.25) is 0 Å². The van der Waals surface area contributed by atoms with Crippen LogP contribution in [0.25, 0.3) is 11.0 Å². The van der Waals surface area contributed by atoms with E-state index in [0.29, 0.717) is 30.6 Å². The molecule has 1 aromatic heterocycles. The number of hydrogen-bond acceptors (Lipinski definition) is 3.